The Morgan fingerprint density at radius 2 is 2.00 bits per heavy atom. The van der Waals surface area contributed by atoms with Gasteiger partial charge in [0.15, 0.2) is 0 Å². The number of rotatable bonds is 3. The average molecular weight is 182 g/mol. The van der Waals surface area contributed by atoms with Crippen LogP contribution >= 0.6 is 0 Å². The first kappa shape index (κ1) is 9.92. The second-order valence-corrected chi connectivity index (χ2v) is 3.19. The smallest absolute Gasteiger partial charge is 0.233 e. The monoisotopic (exact) mass is 182 g/mol. The Hall–Kier alpha value is -1.16. The summed E-state index contributed by atoms with van der Waals surface area (Å²) in [5.74, 6) is 0.599. The zero-order valence-corrected chi connectivity index (χ0v) is 8.06. The van der Waals surface area contributed by atoms with Gasteiger partial charge < -0.3 is 9.84 Å². The molecular weight excluding hydrogens is 168 g/mol. The molecule has 0 spiro atoms. The highest BCUT2D eigenvalue weighted by atomic mass is 16.5. The van der Waals surface area contributed by atoms with Crippen molar-refractivity contribution in [3.05, 3.63) is 17.8 Å². The van der Waals surface area contributed by atoms with Gasteiger partial charge in [0.25, 0.3) is 0 Å². The molecule has 0 fully saturated rings. The molecule has 0 aromatic carbocycles. The lowest BCUT2D eigenvalue weighted by molar-refractivity contribution is 0.121. The van der Waals surface area contributed by atoms with Gasteiger partial charge in [0.1, 0.15) is 6.10 Å². The molecule has 1 unspecified atom stereocenters. The van der Waals surface area contributed by atoms with Gasteiger partial charge in [-0.25, -0.2) is 0 Å². The number of methoxy groups -OCH3 is 1. The van der Waals surface area contributed by atoms with Crippen LogP contribution in [0.4, 0.5) is 0 Å². The first-order valence-electron chi connectivity index (χ1n) is 4.21. The Labute approximate surface area is 77.6 Å². The number of aromatic nitrogens is 2. The van der Waals surface area contributed by atoms with E-state index in [9.17, 15) is 5.11 Å². The van der Waals surface area contributed by atoms with Crippen molar-refractivity contribution in [2.75, 3.05) is 7.11 Å². The molecule has 1 rings (SSSR count). The molecule has 1 N–H and O–H groups in total. The van der Waals surface area contributed by atoms with E-state index in [1.807, 2.05) is 13.8 Å². The highest BCUT2D eigenvalue weighted by Gasteiger charge is 2.13. The summed E-state index contributed by atoms with van der Waals surface area (Å²) in [6.07, 6.45) is -0.557. The number of aliphatic hydroxyl groups is 1. The van der Waals surface area contributed by atoms with Crippen LogP contribution in [-0.4, -0.2) is 22.4 Å². The van der Waals surface area contributed by atoms with Crippen molar-refractivity contribution < 1.29 is 9.84 Å². The predicted molar refractivity (Wildman–Crippen MR) is 48.4 cm³/mol. The first-order valence-corrected chi connectivity index (χ1v) is 4.21. The molecule has 72 valence electrons. The fraction of sp³-hybridized carbons (Fsp3) is 0.556. The molecule has 0 aliphatic carbocycles. The molecule has 0 bridgehead atoms. The fourth-order valence-corrected chi connectivity index (χ4v) is 0.938. The SMILES string of the molecule is COc1ccc(C(O)C(C)C)nn1. The van der Waals surface area contributed by atoms with E-state index in [1.165, 1.54) is 7.11 Å². The van der Waals surface area contributed by atoms with Crippen molar-refractivity contribution >= 4 is 0 Å². The summed E-state index contributed by atoms with van der Waals surface area (Å²) in [6.45, 7) is 3.85. The fourth-order valence-electron chi connectivity index (χ4n) is 0.938. The maximum absolute atomic E-state index is 9.62. The van der Waals surface area contributed by atoms with Gasteiger partial charge in [-0.2, -0.15) is 0 Å². The minimum Gasteiger partial charge on any atom is -0.480 e. The average Bonchev–Trinajstić information content (AvgIpc) is 2.17. The molecule has 0 saturated carbocycles. The predicted octanol–water partition coefficient (Wildman–Crippen LogP) is 1.17. The summed E-state index contributed by atoms with van der Waals surface area (Å²) in [6, 6.07) is 3.41. The zero-order chi connectivity index (χ0) is 9.84. The lowest BCUT2D eigenvalue weighted by Gasteiger charge is -2.12. The van der Waals surface area contributed by atoms with Crippen molar-refractivity contribution in [2.24, 2.45) is 5.92 Å². The number of hydrogen-bond acceptors (Lipinski definition) is 4. The van der Waals surface area contributed by atoms with E-state index in [1.54, 1.807) is 12.1 Å². The summed E-state index contributed by atoms with van der Waals surface area (Å²) in [7, 11) is 1.53. The highest BCUT2D eigenvalue weighted by Crippen LogP contribution is 2.19. The molecule has 0 aliphatic heterocycles. The van der Waals surface area contributed by atoms with Gasteiger partial charge in [0, 0.05) is 6.07 Å². The topological polar surface area (TPSA) is 55.2 Å². The Morgan fingerprint density at radius 1 is 1.31 bits per heavy atom. The highest BCUT2D eigenvalue weighted by molar-refractivity contribution is 5.13. The van der Waals surface area contributed by atoms with E-state index in [0.29, 0.717) is 11.6 Å². The summed E-state index contributed by atoms with van der Waals surface area (Å²) in [5, 5.41) is 17.2. The molecular formula is C9H14N2O2. The Morgan fingerprint density at radius 3 is 2.38 bits per heavy atom. The van der Waals surface area contributed by atoms with Crippen LogP contribution in [0.5, 0.6) is 5.88 Å². The summed E-state index contributed by atoms with van der Waals surface area (Å²) >= 11 is 0. The number of hydrogen-bond donors (Lipinski definition) is 1. The van der Waals surface area contributed by atoms with E-state index in [2.05, 4.69) is 10.2 Å². The minimum atomic E-state index is -0.557. The normalized spacial score (nSPS) is 13.0. The van der Waals surface area contributed by atoms with Crippen molar-refractivity contribution in [3.8, 4) is 5.88 Å². The van der Waals surface area contributed by atoms with E-state index in [-0.39, 0.29) is 5.92 Å². The molecule has 0 amide bonds. The summed E-state index contributed by atoms with van der Waals surface area (Å²) in [5.41, 5.74) is 0.579. The molecule has 0 radical (unpaired) electrons. The summed E-state index contributed by atoms with van der Waals surface area (Å²) < 4.78 is 4.85. The van der Waals surface area contributed by atoms with E-state index >= 15 is 0 Å². The number of aliphatic hydroxyl groups excluding tert-OH is 1. The van der Waals surface area contributed by atoms with Gasteiger partial charge >= 0.3 is 0 Å². The van der Waals surface area contributed by atoms with Crippen LogP contribution in [0.1, 0.15) is 25.6 Å². The molecule has 1 aromatic heterocycles. The van der Waals surface area contributed by atoms with Crippen LogP contribution in [0.3, 0.4) is 0 Å². The molecule has 0 aliphatic rings. The molecule has 1 atom stereocenters. The number of nitrogens with zero attached hydrogens (tertiary/aromatic N) is 2. The van der Waals surface area contributed by atoms with Crippen LogP contribution in [0.15, 0.2) is 12.1 Å². The van der Waals surface area contributed by atoms with Gasteiger partial charge in [-0.15, -0.1) is 10.2 Å². The molecule has 4 heteroatoms. The van der Waals surface area contributed by atoms with Gasteiger partial charge in [-0.05, 0) is 12.0 Å². The second-order valence-electron chi connectivity index (χ2n) is 3.19. The van der Waals surface area contributed by atoms with Crippen LogP contribution < -0.4 is 4.74 Å². The van der Waals surface area contributed by atoms with Crippen molar-refractivity contribution in [1.82, 2.24) is 10.2 Å². The molecule has 1 heterocycles. The minimum absolute atomic E-state index is 0.141. The Bertz CT molecular complexity index is 259. The molecule has 13 heavy (non-hydrogen) atoms. The van der Waals surface area contributed by atoms with Crippen LogP contribution in [0.2, 0.25) is 0 Å². The third-order valence-corrected chi connectivity index (χ3v) is 1.80. The van der Waals surface area contributed by atoms with Crippen LogP contribution in [-0.2, 0) is 0 Å². The van der Waals surface area contributed by atoms with Gasteiger partial charge in [0.05, 0.1) is 12.8 Å². The standard InChI is InChI=1S/C9H14N2O2/c1-6(2)9(12)7-4-5-8(13-3)11-10-7/h4-6,9,12H,1-3H3. The lowest BCUT2D eigenvalue weighted by Crippen LogP contribution is -2.08. The van der Waals surface area contributed by atoms with E-state index < -0.39 is 6.10 Å². The van der Waals surface area contributed by atoms with Gasteiger partial charge in [0.2, 0.25) is 5.88 Å². The molecule has 1 aromatic rings. The van der Waals surface area contributed by atoms with E-state index in [0.717, 1.165) is 0 Å². The Kier molecular flexibility index (Phi) is 3.19. The maximum atomic E-state index is 9.62. The molecule has 0 saturated heterocycles. The van der Waals surface area contributed by atoms with Gasteiger partial charge in [-0.1, -0.05) is 13.8 Å². The third-order valence-electron chi connectivity index (χ3n) is 1.80. The maximum Gasteiger partial charge on any atom is 0.233 e. The van der Waals surface area contributed by atoms with Crippen LogP contribution in [0.25, 0.3) is 0 Å². The Balaban J connectivity index is 2.79. The van der Waals surface area contributed by atoms with Crippen molar-refractivity contribution in [3.63, 3.8) is 0 Å². The third kappa shape index (κ3) is 2.39. The second kappa shape index (κ2) is 4.18. The number of ether oxygens (including phenoxy) is 1. The van der Waals surface area contributed by atoms with Crippen LogP contribution in [0, 0.1) is 5.92 Å². The largest absolute Gasteiger partial charge is 0.480 e. The lowest BCUT2D eigenvalue weighted by atomic mass is 10.0. The zero-order valence-electron chi connectivity index (χ0n) is 8.06. The van der Waals surface area contributed by atoms with Crippen molar-refractivity contribution in [1.29, 1.82) is 0 Å². The molecule has 4 nitrogen and oxygen atoms in total. The summed E-state index contributed by atoms with van der Waals surface area (Å²) in [4.78, 5) is 0. The first-order chi connectivity index (χ1) is 6.15. The van der Waals surface area contributed by atoms with E-state index in [4.69, 9.17) is 4.74 Å². The van der Waals surface area contributed by atoms with Gasteiger partial charge in [-0.3, -0.25) is 0 Å². The van der Waals surface area contributed by atoms with Crippen molar-refractivity contribution in [2.45, 2.75) is 20.0 Å². The quantitative estimate of drug-likeness (QED) is 0.762.